The number of nitro groups is 1. The van der Waals surface area contributed by atoms with Crippen molar-refractivity contribution in [2.45, 2.75) is 19.6 Å². The van der Waals surface area contributed by atoms with Gasteiger partial charge in [-0.3, -0.25) is 14.9 Å². The summed E-state index contributed by atoms with van der Waals surface area (Å²) >= 11 is 0. The zero-order valence-electron chi connectivity index (χ0n) is 16.0. The average molecular weight is 416 g/mol. The van der Waals surface area contributed by atoms with Crippen LogP contribution < -0.4 is 5.32 Å². The largest absolute Gasteiger partial charge is 0.449 e. The molecule has 1 atom stereocenters. The van der Waals surface area contributed by atoms with Crippen LogP contribution in [0, 0.1) is 15.9 Å². The Morgan fingerprint density at radius 1 is 1.27 bits per heavy atom. The fraction of sp³-hybridized carbons (Fsp3) is 0.200. The Bertz CT molecular complexity index is 1130. The monoisotopic (exact) mass is 416 g/mol. The van der Waals surface area contributed by atoms with Crippen LogP contribution in [0.1, 0.15) is 23.0 Å². The maximum absolute atomic E-state index is 13.4. The number of ether oxygens (including phenoxy) is 2. The second-order valence-electron chi connectivity index (χ2n) is 6.30. The van der Waals surface area contributed by atoms with E-state index in [2.05, 4.69) is 5.32 Å². The minimum atomic E-state index is -1.26. The number of nitrogens with zero attached hydrogens (tertiary/aromatic N) is 1. The highest BCUT2D eigenvalue weighted by Crippen LogP contribution is 2.27. The summed E-state index contributed by atoms with van der Waals surface area (Å²) in [7, 11) is 1.47. The van der Waals surface area contributed by atoms with Crippen LogP contribution in [0.2, 0.25) is 0 Å². The third-order valence-corrected chi connectivity index (χ3v) is 4.24. The molecule has 0 aliphatic rings. The van der Waals surface area contributed by atoms with Gasteiger partial charge in [0.25, 0.3) is 5.91 Å². The van der Waals surface area contributed by atoms with E-state index < -0.39 is 34.4 Å². The van der Waals surface area contributed by atoms with Gasteiger partial charge in [-0.1, -0.05) is 18.2 Å². The first kappa shape index (κ1) is 20.9. The number of carbonyl (C=O) groups is 2. The summed E-state index contributed by atoms with van der Waals surface area (Å²) in [6.07, 6.45) is -1.26. The molecule has 30 heavy (non-hydrogen) atoms. The topological polar surface area (TPSA) is 121 Å². The van der Waals surface area contributed by atoms with Crippen LogP contribution in [-0.2, 0) is 20.9 Å². The molecule has 1 N–H and O–H groups in total. The van der Waals surface area contributed by atoms with Crippen LogP contribution >= 0.6 is 0 Å². The summed E-state index contributed by atoms with van der Waals surface area (Å²) in [5.74, 6) is -2.75. The third kappa shape index (κ3) is 4.28. The van der Waals surface area contributed by atoms with E-state index >= 15 is 0 Å². The summed E-state index contributed by atoms with van der Waals surface area (Å²) in [4.78, 5) is 34.8. The molecular weight excluding hydrogens is 399 g/mol. The molecular formula is C20H17FN2O7. The second-order valence-corrected chi connectivity index (χ2v) is 6.30. The van der Waals surface area contributed by atoms with Crippen molar-refractivity contribution in [1.29, 1.82) is 0 Å². The van der Waals surface area contributed by atoms with Gasteiger partial charge in [0.05, 0.1) is 11.5 Å². The van der Waals surface area contributed by atoms with E-state index in [1.807, 2.05) is 0 Å². The molecule has 1 aromatic heterocycles. The number of fused-ring (bicyclic) bond motifs is 1. The van der Waals surface area contributed by atoms with Crippen molar-refractivity contribution in [3.8, 4) is 0 Å². The first-order valence-corrected chi connectivity index (χ1v) is 8.77. The van der Waals surface area contributed by atoms with Gasteiger partial charge < -0.3 is 19.2 Å². The lowest BCUT2D eigenvalue weighted by molar-refractivity contribution is -0.387. The number of hydrogen-bond acceptors (Lipinski definition) is 7. The summed E-state index contributed by atoms with van der Waals surface area (Å²) in [6, 6.07) is 9.86. The minimum Gasteiger partial charge on any atom is -0.449 e. The highest BCUT2D eigenvalue weighted by atomic mass is 19.1. The van der Waals surface area contributed by atoms with E-state index in [1.54, 1.807) is 24.3 Å². The molecule has 10 heteroatoms. The molecule has 0 unspecified atom stereocenters. The van der Waals surface area contributed by atoms with Crippen molar-refractivity contribution in [1.82, 2.24) is 0 Å². The Morgan fingerprint density at radius 3 is 2.70 bits per heavy atom. The Morgan fingerprint density at radius 2 is 2.00 bits per heavy atom. The molecule has 0 aliphatic carbocycles. The predicted molar refractivity (Wildman–Crippen MR) is 103 cm³/mol. The van der Waals surface area contributed by atoms with Gasteiger partial charge in [-0.2, -0.15) is 4.39 Å². The molecule has 0 fully saturated rings. The van der Waals surface area contributed by atoms with Gasteiger partial charge in [-0.05, 0) is 25.1 Å². The molecule has 1 heterocycles. The van der Waals surface area contributed by atoms with Crippen molar-refractivity contribution >= 4 is 34.2 Å². The smallest absolute Gasteiger partial charge is 0.375 e. The van der Waals surface area contributed by atoms with Crippen molar-refractivity contribution in [3.63, 3.8) is 0 Å². The average Bonchev–Trinajstić information content (AvgIpc) is 3.08. The maximum atomic E-state index is 13.4. The minimum absolute atomic E-state index is 0.0141. The van der Waals surface area contributed by atoms with Crippen LogP contribution in [0.15, 0.2) is 46.9 Å². The van der Waals surface area contributed by atoms with Crippen LogP contribution in [0.5, 0.6) is 0 Å². The van der Waals surface area contributed by atoms with Crippen molar-refractivity contribution in [2.75, 3.05) is 12.4 Å². The molecule has 0 bridgehead atoms. The zero-order chi connectivity index (χ0) is 21.8. The number of methoxy groups -OCH3 is 1. The standard InChI is InChI=1S/C20H17FN2O7/c1-11(19(24)22-12-7-8-15(21)16(9-12)23(26)27)29-20(25)18-14(10-28-2)13-5-3-4-6-17(13)30-18/h3-9,11H,10H2,1-2H3,(H,22,24)/t11-/m0/s1. The summed E-state index contributed by atoms with van der Waals surface area (Å²) in [5.41, 5.74) is 0.149. The Labute approximate surface area is 169 Å². The van der Waals surface area contributed by atoms with Gasteiger partial charge in [-0.25, -0.2) is 4.79 Å². The molecule has 0 radical (unpaired) electrons. The van der Waals surface area contributed by atoms with Crippen LogP contribution in [0.4, 0.5) is 15.8 Å². The lowest BCUT2D eigenvalue weighted by atomic mass is 10.1. The predicted octanol–water partition coefficient (Wildman–Crippen LogP) is 3.81. The number of furan rings is 1. The maximum Gasteiger partial charge on any atom is 0.375 e. The number of esters is 1. The van der Waals surface area contributed by atoms with Gasteiger partial charge in [0, 0.05) is 29.8 Å². The van der Waals surface area contributed by atoms with Gasteiger partial charge in [0.1, 0.15) is 5.58 Å². The van der Waals surface area contributed by atoms with Crippen molar-refractivity contribution in [2.24, 2.45) is 0 Å². The first-order valence-electron chi connectivity index (χ1n) is 8.77. The second kappa shape index (κ2) is 8.70. The number of nitrogens with one attached hydrogen (secondary N) is 1. The Balaban J connectivity index is 1.75. The number of para-hydroxylation sites is 1. The lowest BCUT2D eigenvalue weighted by Crippen LogP contribution is -2.30. The van der Waals surface area contributed by atoms with Gasteiger partial charge in [-0.15, -0.1) is 0 Å². The molecule has 2 aromatic carbocycles. The van der Waals surface area contributed by atoms with Gasteiger partial charge in [0.2, 0.25) is 11.6 Å². The van der Waals surface area contributed by atoms with E-state index in [0.717, 1.165) is 18.2 Å². The van der Waals surface area contributed by atoms with Gasteiger partial charge >= 0.3 is 11.7 Å². The number of hydrogen-bond donors (Lipinski definition) is 1. The Hall–Kier alpha value is -3.79. The molecule has 156 valence electrons. The van der Waals surface area contributed by atoms with E-state index in [-0.39, 0.29) is 18.1 Å². The number of halogens is 1. The number of nitro benzene ring substituents is 1. The molecule has 9 nitrogen and oxygen atoms in total. The zero-order valence-corrected chi connectivity index (χ0v) is 16.0. The van der Waals surface area contributed by atoms with E-state index in [1.165, 1.54) is 14.0 Å². The van der Waals surface area contributed by atoms with Crippen LogP contribution in [0.3, 0.4) is 0 Å². The summed E-state index contributed by atoms with van der Waals surface area (Å²) < 4.78 is 29.3. The fourth-order valence-corrected chi connectivity index (χ4v) is 2.79. The number of benzene rings is 2. The molecule has 0 saturated carbocycles. The van der Waals surface area contributed by atoms with E-state index in [4.69, 9.17) is 13.9 Å². The van der Waals surface area contributed by atoms with Gasteiger partial charge in [0.15, 0.2) is 6.10 Å². The van der Waals surface area contributed by atoms with Crippen molar-refractivity contribution < 1.29 is 32.8 Å². The molecule has 0 spiro atoms. The van der Waals surface area contributed by atoms with Crippen molar-refractivity contribution in [3.05, 3.63) is 69.7 Å². The number of amides is 1. The molecule has 0 aliphatic heterocycles. The SMILES string of the molecule is COCc1c(C(=O)O[C@@H](C)C(=O)Nc2ccc(F)c([N+](=O)[O-])c2)oc2ccccc12. The normalized spacial score (nSPS) is 11.8. The van der Waals surface area contributed by atoms with Crippen LogP contribution in [0.25, 0.3) is 11.0 Å². The lowest BCUT2D eigenvalue weighted by Gasteiger charge is -2.13. The first-order chi connectivity index (χ1) is 14.3. The molecule has 0 saturated heterocycles. The number of anilines is 1. The number of rotatable bonds is 7. The fourth-order valence-electron chi connectivity index (χ4n) is 2.79. The molecule has 1 amide bonds. The highest BCUT2D eigenvalue weighted by Gasteiger charge is 2.26. The highest BCUT2D eigenvalue weighted by molar-refractivity contribution is 5.99. The molecule has 3 rings (SSSR count). The van der Waals surface area contributed by atoms with E-state index in [0.29, 0.717) is 16.5 Å². The third-order valence-electron chi connectivity index (χ3n) is 4.24. The summed E-state index contributed by atoms with van der Waals surface area (Å²) in [6.45, 7) is 1.42. The van der Waals surface area contributed by atoms with E-state index in [9.17, 15) is 24.1 Å². The quantitative estimate of drug-likeness (QED) is 0.353. The molecule has 3 aromatic rings. The van der Waals surface area contributed by atoms with Crippen LogP contribution in [-0.4, -0.2) is 30.0 Å². The Kier molecular flexibility index (Phi) is 6.07. The number of carbonyl (C=O) groups excluding carboxylic acids is 2. The summed E-state index contributed by atoms with van der Waals surface area (Å²) in [5, 5.41) is 13.8.